The van der Waals surface area contributed by atoms with Crippen molar-refractivity contribution in [3.8, 4) is 5.75 Å². The summed E-state index contributed by atoms with van der Waals surface area (Å²) in [5.74, 6) is -0.342. The van der Waals surface area contributed by atoms with Gasteiger partial charge in [0.1, 0.15) is 18.2 Å². The lowest BCUT2D eigenvalue weighted by atomic mass is 10.1. The zero-order valence-corrected chi connectivity index (χ0v) is 14.9. The summed E-state index contributed by atoms with van der Waals surface area (Å²) in [4.78, 5) is 11.5. The van der Waals surface area contributed by atoms with Gasteiger partial charge in [0.25, 0.3) is 0 Å². The number of methoxy groups -OCH3 is 1. The van der Waals surface area contributed by atoms with Gasteiger partial charge in [-0.1, -0.05) is 66.7 Å². The van der Waals surface area contributed by atoms with Crippen LogP contribution in [0.25, 0.3) is 12.2 Å². The molecule has 27 heavy (non-hydrogen) atoms. The Kier molecular flexibility index (Phi) is 6.00. The number of esters is 1. The molecule has 4 heteroatoms. The van der Waals surface area contributed by atoms with Crippen molar-refractivity contribution < 1.29 is 18.7 Å². The molecule has 0 atom stereocenters. The second-order valence-corrected chi connectivity index (χ2v) is 5.87. The zero-order chi connectivity index (χ0) is 19.1. The van der Waals surface area contributed by atoms with Crippen LogP contribution < -0.4 is 4.74 Å². The van der Waals surface area contributed by atoms with Gasteiger partial charge in [-0.3, -0.25) is 0 Å². The van der Waals surface area contributed by atoms with E-state index in [4.69, 9.17) is 4.74 Å². The molecule has 0 fully saturated rings. The van der Waals surface area contributed by atoms with Crippen molar-refractivity contribution >= 4 is 18.1 Å². The lowest BCUT2D eigenvalue weighted by Gasteiger charge is -2.09. The van der Waals surface area contributed by atoms with Crippen molar-refractivity contribution in [2.75, 3.05) is 7.11 Å². The monoisotopic (exact) mass is 362 g/mol. The maximum atomic E-state index is 14.2. The highest BCUT2D eigenvalue weighted by molar-refractivity contribution is 5.89. The van der Waals surface area contributed by atoms with E-state index in [0.717, 1.165) is 11.1 Å². The molecule has 0 unspecified atom stereocenters. The molecule has 0 N–H and O–H groups in total. The molecule has 0 saturated heterocycles. The second-order valence-electron chi connectivity index (χ2n) is 5.87. The minimum atomic E-state index is -0.566. The molecule has 0 spiro atoms. The maximum absolute atomic E-state index is 14.2. The highest BCUT2D eigenvalue weighted by atomic mass is 19.1. The van der Waals surface area contributed by atoms with Gasteiger partial charge in [0.15, 0.2) is 0 Å². The van der Waals surface area contributed by atoms with E-state index >= 15 is 0 Å². The van der Waals surface area contributed by atoms with Crippen LogP contribution in [-0.2, 0) is 11.3 Å². The van der Waals surface area contributed by atoms with E-state index in [1.165, 1.54) is 19.2 Å². The first kappa shape index (κ1) is 18.4. The fourth-order valence-corrected chi connectivity index (χ4v) is 2.57. The number of halogens is 1. The number of rotatable bonds is 6. The van der Waals surface area contributed by atoms with Crippen LogP contribution in [0.1, 0.15) is 27.0 Å². The number of hydrogen-bond acceptors (Lipinski definition) is 3. The third kappa shape index (κ3) is 4.82. The normalized spacial score (nSPS) is 10.7. The average molecular weight is 362 g/mol. The molecule has 0 radical (unpaired) electrons. The number of ether oxygens (including phenoxy) is 2. The second kappa shape index (κ2) is 8.81. The quantitative estimate of drug-likeness (QED) is 0.437. The molecule has 0 aliphatic rings. The van der Waals surface area contributed by atoms with Gasteiger partial charge in [-0.2, -0.15) is 0 Å². The van der Waals surface area contributed by atoms with Crippen LogP contribution in [0.2, 0.25) is 0 Å². The van der Waals surface area contributed by atoms with Gasteiger partial charge in [0, 0.05) is 11.1 Å². The molecule has 3 aromatic carbocycles. The molecule has 3 rings (SSSR count). The summed E-state index contributed by atoms with van der Waals surface area (Å²) in [6.45, 7) is 0.452. The summed E-state index contributed by atoms with van der Waals surface area (Å²) < 4.78 is 24.7. The Morgan fingerprint density at radius 3 is 2.37 bits per heavy atom. The van der Waals surface area contributed by atoms with Gasteiger partial charge in [-0.25, -0.2) is 9.18 Å². The summed E-state index contributed by atoms with van der Waals surface area (Å²) in [5, 5.41) is 0. The molecular formula is C23H19FO3. The molecule has 136 valence electrons. The highest BCUT2D eigenvalue weighted by Gasteiger charge is 2.08. The summed E-state index contributed by atoms with van der Waals surface area (Å²) in [6, 6.07) is 21.7. The van der Waals surface area contributed by atoms with Crippen LogP contribution in [0.4, 0.5) is 4.39 Å². The van der Waals surface area contributed by atoms with Crippen molar-refractivity contribution in [2.45, 2.75) is 6.61 Å². The number of benzene rings is 3. The Morgan fingerprint density at radius 2 is 1.63 bits per heavy atom. The van der Waals surface area contributed by atoms with Gasteiger partial charge in [0.05, 0.1) is 12.7 Å². The van der Waals surface area contributed by atoms with Crippen LogP contribution in [-0.4, -0.2) is 13.1 Å². The van der Waals surface area contributed by atoms with Crippen molar-refractivity contribution in [1.29, 1.82) is 0 Å². The number of carbonyl (C=O) groups is 1. The fraction of sp³-hybridized carbons (Fsp3) is 0.0870. The molecule has 0 amide bonds. The number of para-hydroxylation sites is 1. The standard InChI is InChI=1S/C23H19FO3/c1-26-23(25)20-14-12-18(21(24)15-20)11-13-19-9-5-6-10-22(19)27-16-17-7-3-2-4-8-17/h2-15H,16H2,1H3. The lowest BCUT2D eigenvalue weighted by Crippen LogP contribution is -2.01. The first-order valence-electron chi connectivity index (χ1n) is 8.49. The SMILES string of the molecule is COC(=O)c1ccc(C=Cc2ccccc2OCc2ccccc2)c(F)c1. The summed E-state index contributed by atoms with van der Waals surface area (Å²) in [6.07, 6.45) is 3.44. The summed E-state index contributed by atoms with van der Waals surface area (Å²) in [7, 11) is 1.26. The summed E-state index contributed by atoms with van der Waals surface area (Å²) >= 11 is 0. The van der Waals surface area contributed by atoms with Crippen LogP contribution in [0.5, 0.6) is 5.75 Å². The van der Waals surface area contributed by atoms with Gasteiger partial charge < -0.3 is 9.47 Å². The molecule has 3 nitrogen and oxygen atoms in total. The van der Waals surface area contributed by atoms with Crippen LogP contribution >= 0.6 is 0 Å². The third-order valence-corrected chi connectivity index (χ3v) is 4.02. The molecule has 0 saturated carbocycles. The fourth-order valence-electron chi connectivity index (χ4n) is 2.57. The molecule has 3 aromatic rings. The number of carbonyl (C=O) groups excluding carboxylic acids is 1. The van der Waals surface area contributed by atoms with E-state index in [2.05, 4.69) is 4.74 Å². The van der Waals surface area contributed by atoms with Crippen LogP contribution in [0, 0.1) is 5.82 Å². The minimum Gasteiger partial charge on any atom is -0.488 e. The minimum absolute atomic E-state index is 0.179. The largest absolute Gasteiger partial charge is 0.488 e. The van der Waals surface area contributed by atoms with E-state index < -0.39 is 11.8 Å². The lowest BCUT2D eigenvalue weighted by molar-refractivity contribution is 0.0600. The number of hydrogen-bond donors (Lipinski definition) is 0. The smallest absolute Gasteiger partial charge is 0.337 e. The Hall–Kier alpha value is -3.40. The van der Waals surface area contributed by atoms with Crippen molar-refractivity contribution in [1.82, 2.24) is 0 Å². The van der Waals surface area contributed by atoms with Gasteiger partial charge in [-0.05, 0) is 23.8 Å². The van der Waals surface area contributed by atoms with Crippen molar-refractivity contribution in [3.05, 3.63) is 101 Å². The topological polar surface area (TPSA) is 35.5 Å². The van der Waals surface area contributed by atoms with E-state index in [-0.39, 0.29) is 5.56 Å². The third-order valence-electron chi connectivity index (χ3n) is 4.02. The first-order valence-corrected chi connectivity index (χ1v) is 8.49. The van der Waals surface area contributed by atoms with Gasteiger partial charge in [-0.15, -0.1) is 0 Å². The Morgan fingerprint density at radius 1 is 0.926 bits per heavy atom. The Balaban J connectivity index is 1.76. The summed E-state index contributed by atoms with van der Waals surface area (Å²) in [5.41, 5.74) is 2.46. The van der Waals surface area contributed by atoms with Gasteiger partial charge in [0.2, 0.25) is 0 Å². The van der Waals surface area contributed by atoms with E-state index in [0.29, 0.717) is 17.9 Å². The molecule has 0 bridgehead atoms. The predicted octanol–water partition coefficient (Wildman–Crippen LogP) is 5.36. The Bertz CT molecular complexity index is 949. The molecule has 0 aliphatic heterocycles. The molecule has 0 aromatic heterocycles. The van der Waals surface area contributed by atoms with E-state index in [1.54, 1.807) is 18.2 Å². The molecule has 0 aliphatic carbocycles. The van der Waals surface area contributed by atoms with E-state index in [9.17, 15) is 9.18 Å². The molecular weight excluding hydrogens is 343 g/mol. The van der Waals surface area contributed by atoms with Crippen LogP contribution in [0.3, 0.4) is 0 Å². The average Bonchev–Trinajstić information content (AvgIpc) is 2.72. The Labute approximate surface area is 157 Å². The molecule has 0 heterocycles. The van der Waals surface area contributed by atoms with E-state index in [1.807, 2.05) is 54.6 Å². The van der Waals surface area contributed by atoms with Crippen molar-refractivity contribution in [3.63, 3.8) is 0 Å². The van der Waals surface area contributed by atoms with Crippen LogP contribution in [0.15, 0.2) is 72.8 Å². The zero-order valence-electron chi connectivity index (χ0n) is 14.9. The first-order chi connectivity index (χ1) is 13.2. The predicted molar refractivity (Wildman–Crippen MR) is 104 cm³/mol. The van der Waals surface area contributed by atoms with Crippen molar-refractivity contribution in [2.24, 2.45) is 0 Å². The highest BCUT2D eigenvalue weighted by Crippen LogP contribution is 2.23. The maximum Gasteiger partial charge on any atom is 0.337 e. The van der Waals surface area contributed by atoms with Gasteiger partial charge >= 0.3 is 5.97 Å².